The van der Waals surface area contributed by atoms with Gasteiger partial charge in [-0.1, -0.05) is 13.8 Å². The second kappa shape index (κ2) is 5.64. The molecule has 0 aromatic heterocycles. The lowest BCUT2D eigenvalue weighted by Gasteiger charge is -2.20. The molecule has 2 N–H and O–H groups in total. The summed E-state index contributed by atoms with van der Waals surface area (Å²) in [5, 5.41) is 0. The fraction of sp³-hybridized carbons (Fsp3) is 0.917. The van der Waals surface area contributed by atoms with E-state index in [9.17, 15) is 4.79 Å². The topological polar surface area (TPSA) is 55.6 Å². The molecule has 1 aliphatic rings. The summed E-state index contributed by atoms with van der Waals surface area (Å²) in [6.07, 6.45) is 1.91. The van der Waals surface area contributed by atoms with Gasteiger partial charge in [0, 0.05) is 13.1 Å². The Morgan fingerprint density at radius 3 is 2.75 bits per heavy atom. The number of likely N-dealkylation sites (tertiary alicyclic amines) is 1. The van der Waals surface area contributed by atoms with Gasteiger partial charge in [0.1, 0.15) is 6.04 Å². The number of nitrogens with two attached hydrogens (primary N) is 1. The molecule has 1 atom stereocenters. The van der Waals surface area contributed by atoms with Crippen molar-refractivity contribution in [2.75, 3.05) is 26.2 Å². The molecule has 0 aromatic rings. The number of ether oxygens (including phenoxy) is 1. The minimum atomic E-state index is -0.469. The molecule has 1 unspecified atom stereocenters. The van der Waals surface area contributed by atoms with Crippen LogP contribution in [0.3, 0.4) is 0 Å². The third kappa shape index (κ3) is 4.10. The van der Waals surface area contributed by atoms with Crippen LogP contribution in [0.4, 0.5) is 0 Å². The molecule has 1 rings (SSSR count). The van der Waals surface area contributed by atoms with Crippen LogP contribution in [0.2, 0.25) is 0 Å². The van der Waals surface area contributed by atoms with E-state index in [0.717, 1.165) is 19.6 Å². The van der Waals surface area contributed by atoms with Gasteiger partial charge in [0.05, 0.1) is 6.61 Å². The van der Waals surface area contributed by atoms with Crippen LogP contribution in [0.25, 0.3) is 0 Å². The monoisotopic (exact) mass is 228 g/mol. The van der Waals surface area contributed by atoms with E-state index in [1.165, 1.54) is 6.42 Å². The zero-order chi connectivity index (χ0) is 12.2. The molecule has 0 aliphatic carbocycles. The predicted octanol–water partition coefficient (Wildman–Crippen LogP) is 0.999. The lowest BCUT2D eigenvalue weighted by atomic mass is 9.93. The third-order valence-electron chi connectivity index (χ3n) is 3.10. The lowest BCUT2D eigenvalue weighted by Crippen LogP contribution is -2.36. The summed E-state index contributed by atoms with van der Waals surface area (Å²) in [5.74, 6) is -0.277. The van der Waals surface area contributed by atoms with Crippen LogP contribution < -0.4 is 5.73 Å². The molecule has 16 heavy (non-hydrogen) atoms. The molecule has 0 amide bonds. The van der Waals surface area contributed by atoms with Crippen molar-refractivity contribution in [3.63, 3.8) is 0 Å². The van der Waals surface area contributed by atoms with Gasteiger partial charge in [-0.15, -0.1) is 0 Å². The summed E-state index contributed by atoms with van der Waals surface area (Å²) in [6, 6.07) is -0.469. The fourth-order valence-corrected chi connectivity index (χ4v) is 2.10. The normalized spacial score (nSPS) is 22.0. The highest BCUT2D eigenvalue weighted by Gasteiger charge is 2.29. The molecule has 0 saturated carbocycles. The van der Waals surface area contributed by atoms with Gasteiger partial charge in [-0.05, 0) is 31.7 Å². The number of esters is 1. The SMILES string of the molecule is CCOC(=O)C(N)CCN1CCC(C)(C)C1. The maximum atomic E-state index is 11.3. The van der Waals surface area contributed by atoms with Crippen molar-refractivity contribution < 1.29 is 9.53 Å². The summed E-state index contributed by atoms with van der Waals surface area (Å²) in [5.41, 5.74) is 6.16. The van der Waals surface area contributed by atoms with E-state index in [0.29, 0.717) is 18.4 Å². The Morgan fingerprint density at radius 1 is 1.56 bits per heavy atom. The van der Waals surface area contributed by atoms with Gasteiger partial charge in [0.15, 0.2) is 0 Å². The van der Waals surface area contributed by atoms with Crippen molar-refractivity contribution in [2.24, 2.45) is 11.1 Å². The zero-order valence-corrected chi connectivity index (χ0v) is 10.7. The smallest absolute Gasteiger partial charge is 0.322 e. The molecule has 1 fully saturated rings. The highest BCUT2D eigenvalue weighted by Crippen LogP contribution is 2.28. The number of hydrogen-bond donors (Lipinski definition) is 1. The Bertz CT molecular complexity index is 241. The number of carbonyl (C=O) groups is 1. The molecule has 0 radical (unpaired) electrons. The summed E-state index contributed by atoms with van der Waals surface area (Å²) < 4.78 is 4.88. The molecule has 1 saturated heterocycles. The van der Waals surface area contributed by atoms with E-state index < -0.39 is 6.04 Å². The molecular formula is C12H24N2O2. The maximum absolute atomic E-state index is 11.3. The van der Waals surface area contributed by atoms with Crippen LogP contribution in [-0.2, 0) is 9.53 Å². The van der Waals surface area contributed by atoms with Crippen molar-refractivity contribution in [1.82, 2.24) is 4.90 Å². The van der Waals surface area contributed by atoms with E-state index in [1.807, 2.05) is 0 Å². The summed E-state index contributed by atoms with van der Waals surface area (Å²) in [6.45, 7) is 9.86. The third-order valence-corrected chi connectivity index (χ3v) is 3.10. The minimum absolute atomic E-state index is 0.277. The molecule has 0 bridgehead atoms. The van der Waals surface area contributed by atoms with Crippen LogP contribution in [0.1, 0.15) is 33.6 Å². The number of hydrogen-bond acceptors (Lipinski definition) is 4. The first-order chi connectivity index (χ1) is 7.44. The Morgan fingerprint density at radius 2 is 2.25 bits per heavy atom. The van der Waals surface area contributed by atoms with Gasteiger partial charge in [0.2, 0.25) is 0 Å². The quantitative estimate of drug-likeness (QED) is 0.713. The minimum Gasteiger partial charge on any atom is -0.465 e. The Labute approximate surface area is 98.1 Å². The average molecular weight is 228 g/mol. The molecule has 0 aromatic carbocycles. The Kier molecular flexibility index (Phi) is 4.74. The van der Waals surface area contributed by atoms with Crippen LogP contribution in [-0.4, -0.2) is 43.2 Å². The standard InChI is InChI=1S/C12H24N2O2/c1-4-16-11(15)10(13)5-7-14-8-6-12(2,3)9-14/h10H,4-9,13H2,1-3H3. The Hall–Kier alpha value is -0.610. The maximum Gasteiger partial charge on any atom is 0.322 e. The molecule has 94 valence electrons. The van der Waals surface area contributed by atoms with Crippen LogP contribution in [0, 0.1) is 5.41 Å². The zero-order valence-electron chi connectivity index (χ0n) is 10.7. The summed E-state index contributed by atoms with van der Waals surface area (Å²) in [7, 11) is 0. The molecule has 0 spiro atoms. The van der Waals surface area contributed by atoms with E-state index in [1.54, 1.807) is 6.92 Å². The fourth-order valence-electron chi connectivity index (χ4n) is 2.10. The van der Waals surface area contributed by atoms with E-state index in [-0.39, 0.29) is 5.97 Å². The second-order valence-corrected chi connectivity index (χ2v) is 5.34. The first-order valence-corrected chi connectivity index (χ1v) is 6.09. The van der Waals surface area contributed by atoms with Gasteiger partial charge >= 0.3 is 5.97 Å². The predicted molar refractivity (Wildman–Crippen MR) is 64.1 cm³/mol. The van der Waals surface area contributed by atoms with Crippen molar-refractivity contribution in [2.45, 2.75) is 39.7 Å². The first kappa shape index (κ1) is 13.5. The average Bonchev–Trinajstić information content (AvgIpc) is 2.55. The molecule has 4 heteroatoms. The van der Waals surface area contributed by atoms with Gasteiger partial charge in [-0.25, -0.2) is 0 Å². The van der Waals surface area contributed by atoms with Crippen molar-refractivity contribution in [1.29, 1.82) is 0 Å². The van der Waals surface area contributed by atoms with E-state index in [2.05, 4.69) is 18.7 Å². The van der Waals surface area contributed by atoms with E-state index >= 15 is 0 Å². The van der Waals surface area contributed by atoms with E-state index in [4.69, 9.17) is 10.5 Å². The molecule has 1 aliphatic heterocycles. The Balaban J connectivity index is 2.22. The number of rotatable bonds is 5. The lowest BCUT2D eigenvalue weighted by molar-refractivity contribution is -0.144. The van der Waals surface area contributed by atoms with Gasteiger partial charge in [-0.3, -0.25) is 4.79 Å². The molecule has 1 heterocycles. The number of nitrogens with zero attached hydrogens (tertiary/aromatic N) is 1. The van der Waals surface area contributed by atoms with Crippen molar-refractivity contribution in [3.8, 4) is 0 Å². The van der Waals surface area contributed by atoms with Gasteiger partial charge in [0.25, 0.3) is 0 Å². The first-order valence-electron chi connectivity index (χ1n) is 6.09. The van der Waals surface area contributed by atoms with Crippen LogP contribution in [0.5, 0.6) is 0 Å². The van der Waals surface area contributed by atoms with Crippen molar-refractivity contribution >= 4 is 5.97 Å². The summed E-state index contributed by atoms with van der Waals surface area (Å²) >= 11 is 0. The highest BCUT2D eigenvalue weighted by atomic mass is 16.5. The molecule has 4 nitrogen and oxygen atoms in total. The summed E-state index contributed by atoms with van der Waals surface area (Å²) in [4.78, 5) is 13.7. The highest BCUT2D eigenvalue weighted by molar-refractivity contribution is 5.75. The van der Waals surface area contributed by atoms with Crippen LogP contribution >= 0.6 is 0 Å². The van der Waals surface area contributed by atoms with Crippen LogP contribution in [0.15, 0.2) is 0 Å². The molecular weight excluding hydrogens is 204 g/mol. The number of carbonyl (C=O) groups excluding carboxylic acids is 1. The van der Waals surface area contributed by atoms with Crippen molar-refractivity contribution in [3.05, 3.63) is 0 Å². The second-order valence-electron chi connectivity index (χ2n) is 5.34. The largest absolute Gasteiger partial charge is 0.465 e. The van der Waals surface area contributed by atoms with Gasteiger partial charge < -0.3 is 15.4 Å². The van der Waals surface area contributed by atoms with Gasteiger partial charge in [-0.2, -0.15) is 0 Å².